The molecule has 0 radical (unpaired) electrons. The first-order chi connectivity index (χ1) is 6.42. The predicted molar refractivity (Wildman–Crippen MR) is 65.6 cm³/mol. The van der Waals surface area contributed by atoms with Crippen molar-refractivity contribution in [3.8, 4) is 0 Å². The van der Waals surface area contributed by atoms with E-state index in [2.05, 4.69) is 42.8 Å². The highest BCUT2D eigenvalue weighted by atomic mass is 79.9. The zero-order valence-corrected chi connectivity index (χ0v) is 11.2. The summed E-state index contributed by atoms with van der Waals surface area (Å²) in [6.07, 6.45) is 1.26. The quantitative estimate of drug-likeness (QED) is 0.870. The zero-order chi connectivity index (χ0) is 10.5. The van der Waals surface area contributed by atoms with Crippen LogP contribution in [0.15, 0.2) is 9.85 Å². The molecule has 0 amide bonds. The second kappa shape index (κ2) is 3.32. The van der Waals surface area contributed by atoms with Crippen molar-refractivity contribution < 1.29 is 0 Å². The van der Waals surface area contributed by atoms with E-state index in [9.17, 15) is 0 Å². The predicted octanol–water partition coefficient (Wildman–Crippen LogP) is 3.86. The lowest BCUT2D eigenvalue weighted by atomic mass is 9.99. The molecule has 1 aromatic rings. The fourth-order valence-electron chi connectivity index (χ4n) is 2.13. The van der Waals surface area contributed by atoms with E-state index >= 15 is 0 Å². The first-order valence-corrected chi connectivity index (χ1v) is 6.54. The number of rotatable bonds is 2. The summed E-state index contributed by atoms with van der Waals surface area (Å²) in [6.45, 7) is 6.75. The van der Waals surface area contributed by atoms with Crippen LogP contribution >= 0.6 is 27.3 Å². The first kappa shape index (κ1) is 10.7. The van der Waals surface area contributed by atoms with Crippen LogP contribution in [0, 0.1) is 18.3 Å². The average molecular weight is 274 g/mol. The number of aryl methyl sites for hydroxylation is 1. The topological polar surface area (TPSA) is 26.0 Å². The van der Waals surface area contributed by atoms with Crippen molar-refractivity contribution in [1.82, 2.24) is 0 Å². The molecule has 0 aromatic carbocycles. The van der Waals surface area contributed by atoms with E-state index in [0.29, 0.717) is 11.3 Å². The van der Waals surface area contributed by atoms with Gasteiger partial charge in [0, 0.05) is 10.9 Å². The van der Waals surface area contributed by atoms with Crippen LogP contribution in [0.25, 0.3) is 0 Å². The normalized spacial score (nSPS) is 26.2. The number of hydrogen-bond acceptors (Lipinski definition) is 2. The molecule has 14 heavy (non-hydrogen) atoms. The van der Waals surface area contributed by atoms with Crippen molar-refractivity contribution in [1.29, 1.82) is 0 Å². The summed E-state index contributed by atoms with van der Waals surface area (Å²) in [5.41, 5.74) is 8.07. The van der Waals surface area contributed by atoms with Crippen LogP contribution < -0.4 is 5.73 Å². The van der Waals surface area contributed by atoms with Crippen LogP contribution in [0.1, 0.15) is 36.8 Å². The molecule has 78 valence electrons. The third-order valence-corrected chi connectivity index (χ3v) is 4.88. The van der Waals surface area contributed by atoms with Crippen molar-refractivity contribution >= 4 is 27.3 Å². The number of halogens is 1. The maximum absolute atomic E-state index is 6.28. The summed E-state index contributed by atoms with van der Waals surface area (Å²) in [4.78, 5) is 1.35. The summed E-state index contributed by atoms with van der Waals surface area (Å²) in [5, 5.41) is 0. The van der Waals surface area contributed by atoms with Gasteiger partial charge in [-0.05, 0) is 52.2 Å². The van der Waals surface area contributed by atoms with Gasteiger partial charge < -0.3 is 5.73 Å². The van der Waals surface area contributed by atoms with Crippen LogP contribution in [-0.4, -0.2) is 0 Å². The van der Waals surface area contributed by atoms with Crippen LogP contribution in [0.5, 0.6) is 0 Å². The molecular weight excluding hydrogens is 258 g/mol. The van der Waals surface area contributed by atoms with Crippen molar-refractivity contribution in [2.24, 2.45) is 17.1 Å². The van der Waals surface area contributed by atoms with E-state index in [1.54, 1.807) is 11.3 Å². The molecule has 0 saturated heterocycles. The number of nitrogens with two attached hydrogens (primary N) is 1. The summed E-state index contributed by atoms with van der Waals surface area (Å²) in [6, 6.07) is 2.41. The lowest BCUT2D eigenvalue weighted by Crippen LogP contribution is -2.15. The van der Waals surface area contributed by atoms with Gasteiger partial charge in [0.2, 0.25) is 0 Å². The minimum absolute atomic E-state index is 0.229. The summed E-state index contributed by atoms with van der Waals surface area (Å²) in [5.74, 6) is 0.669. The molecule has 0 bridgehead atoms. The average Bonchev–Trinajstić information content (AvgIpc) is 2.55. The Morgan fingerprint density at radius 3 is 2.57 bits per heavy atom. The van der Waals surface area contributed by atoms with Gasteiger partial charge in [-0.3, -0.25) is 0 Å². The van der Waals surface area contributed by atoms with E-state index in [4.69, 9.17) is 5.73 Å². The van der Waals surface area contributed by atoms with Gasteiger partial charge in [-0.25, -0.2) is 0 Å². The summed E-state index contributed by atoms with van der Waals surface area (Å²) in [7, 11) is 0. The molecular formula is C11H16BrNS. The first-order valence-electron chi connectivity index (χ1n) is 4.93. The van der Waals surface area contributed by atoms with Crippen LogP contribution in [0.2, 0.25) is 0 Å². The SMILES string of the molecule is Cc1sc(Br)cc1C(N)C1CC1(C)C. The monoisotopic (exact) mass is 273 g/mol. The van der Waals surface area contributed by atoms with Crippen LogP contribution in [0.4, 0.5) is 0 Å². The summed E-state index contributed by atoms with van der Waals surface area (Å²) < 4.78 is 1.19. The second-order valence-corrected chi connectivity index (χ2v) is 7.52. The van der Waals surface area contributed by atoms with Gasteiger partial charge in [0.1, 0.15) is 0 Å². The van der Waals surface area contributed by atoms with Gasteiger partial charge in [-0.15, -0.1) is 11.3 Å². The van der Waals surface area contributed by atoms with Gasteiger partial charge in [-0.1, -0.05) is 13.8 Å². The smallest absolute Gasteiger partial charge is 0.0704 e. The minimum Gasteiger partial charge on any atom is -0.324 e. The molecule has 2 unspecified atom stereocenters. The van der Waals surface area contributed by atoms with E-state index in [0.717, 1.165) is 0 Å². The molecule has 1 nitrogen and oxygen atoms in total. The minimum atomic E-state index is 0.229. The fourth-order valence-corrected chi connectivity index (χ4v) is 3.89. The van der Waals surface area contributed by atoms with E-state index in [1.807, 2.05) is 0 Å². The van der Waals surface area contributed by atoms with Gasteiger partial charge in [-0.2, -0.15) is 0 Å². The van der Waals surface area contributed by atoms with Gasteiger partial charge >= 0.3 is 0 Å². The molecule has 1 aliphatic rings. The molecule has 2 rings (SSSR count). The Hall–Kier alpha value is 0.140. The standard InChI is InChI=1S/C11H16BrNS/c1-6-7(4-9(12)14-6)10(13)8-5-11(8,2)3/h4,8,10H,5,13H2,1-3H3. The fraction of sp³-hybridized carbons (Fsp3) is 0.636. The third-order valence-electron chi connectivity index (χ3n) is 3.31. The van der Waals surface area contributed by atoms with Crippen molar-refractivity contribution in [3.05, 3.63) is 20.3 Å². The molecule has 1 fully saturated rings. The highest BCUT2D eigenvalue weighted by molar-refractivity contribution is 9.11. The Morgan fingerprint density at radius 1 is 1.64 bits per heavy atom. The highest BCUT2D eigenvalue weighted by Gasteiger charge is 2.49. The van der Waals surface area contributed by atoms with Crippen molar-refractivity contribution in [2.45, 2.75) is 33.2 Å². The Kier molecular flexibility index (Phi) is 2.53. The van der Waals surface area contributed by atoms with Crippen molar-refractivity contribution in [2.75, 3.05) is 0 Å². The molecule has 1 heterocycles. The molecule has 1 saturated carbocycles. The maximum Gasteiger partial charge on any atom is 0.0704 e. The molecule has 2 atom stereocenters. The molecule has 1 aromatic heterocycles. The molecule has 0 spiro atoms. The van der Waals surface area contributed by atoms with Gasteiger partial charge in [0.05, 0.1) is 3.79 Å². The third kappa shape index (κ3) is 1.77. The molecule has 2 N–H and O–H groups in total. The lowest BCUT2D eigenvalue weighted by molar-refractivity contribution is 0.491. The summed E-state index contributed by atoms with van der Waals surface area (Å²) >= 11 is 5.29. The van der Waals surface area contributed by atoms with E-state index < -0.39 is 0 Å². The zero-order valence-electron chi connectivity index (χ0n) is 8.80. The van der Waals surface area contributed by atoms with Gasteiger partial charge in [0.25, 0.3) is 0 Å². The molecule has 3 heteroatoms. The Labute approximate surface area is 97.8 Å². The second-order valence-electron chi connectivity index (χ2n) is 4.89. The van der Waals surface area contributed by atoms with Crippen LogP contribution in [-0.2, 0) is 0 Å². The van der Waals surface area contributed by atoms with E-state index in [-0.39, 0.29) is 6.04 Å². The lowest BCUT2D eigenvalue weighted by Gasteiger charge is -2.13. The Bertz CT molecular complexity index is 356. The largest absolute Gasteiger partial charge is 0.324 e. The van der Waals surface area contributed by atoms with Crippen molar-refractivity contribution in [3.63, 3.8) is 0 Å². The molecule has 0 aliphatic heterocycles. The molecule has 1 aliphatic carbocycles. The van der Waals surface area contributed by atoms with E-state index in [1.165, 1.54) is 20.6 Å². The highest BCUT2D eigenvalue weighted by Crippen LogP contribution is 2.57. The Morgan fingerprint density at radius 2 is 2.21 bits per heavy atom. The van der Waals surface area contributed by atoms with Gasteiger partial charge in [0.15, 0.2) is 0 Å². The Balaban J connectivity index is 2.20. The van der Waals surface area contributed by atoms with Crippen LogP contribution in [0.3, 0.4) is 0 Å². The maximum atomic E-state index is 6.28. The number of thiophene rings is 1. The number of hydrogen-bond donors (Lipinski definition) is 1.